The molecule has 10 nitrogen and oxygen atoms in total. The van der Waals surface area contributed by atoms with Gasteiger partial charge < -0.3 is 49.6 Å². The zero-order valence-electron chi connectivity index (χ0n) is 16.4. The van der Waals surface area contributed by atoms with Crippen molar-refractivity contribution in [3.63, 3.8) is 0 Å². The van der Waals surface area contributed by atoms with E-state index in [0.717, 1.165) is 0 Å². The van der Waals surface area contributed by atoms with Crippen molar-refractivity contribution in [2.75, 3.05) is 26.9 Å². The predicted molar refractivity (Wildman–Crippen MR) is 99.5 cm³/mol. The van der Waals surface area contributed by atoms with Crippen LogP contribution < -0.4 is 9.47 Å². The van der Waals surface area contributed by atoms with Crippen LogP contribution in [-0.4, -0.2) is 94.4 Å². The maximum atomic E-state index is 10.00. The summed E-state index contributed by atoms with van der Waals surface area (Å²) >= 11 is 0. The average molecular weight is 418 g/mol. The molecule has 0 aromatic heterocycles. The number of hydrogen-bond donors (Lipinski definition) is 6. The third-order valence-corrected chi connectivity index (χ3v) is 4.75. The molecule has 10 heteroatoms. The van der Waals surface area contributed by atoms with Crippen LogP contribution in [0.1, 0.15) is 25.0 Å². The van der Waals surface area contributed by atoms with E-state index >= 15 is 0 Å². The molecule has 166 valence electrons. The maximum Gasteiger partial charge on any atom is 0.186 e. The van der Waals surface area contributed by atoms with Gasteiger partial charge in [0.25, 0.3) is 0 Å². The fourth-order valence-corrected chi connectivity index (χ4v) is 2.94. The highest BCUT2D eigenvalue weighted by Gasteiger charge is 2.44. The molecule has 1 saturated heterocycles. The first-order valence-electron chi connectivity index (χ1n) is 9.41. The van der Waals surface area contributed by atoms with E-state index in [4.69, 9.17) is 18.9 Å². The molecule has 1 heterocycles. The Balaban J connectivity index is 2.02. The van der Waals surface area contributed by atoms with Crippen molar-refractivity contribution in [3.05, 3.63) is 23.8 Å². The van der Waals surface area contributed by atoms with Gasteiger partial charge in [0.15, 0.2) is 17.8 Å². The Morgan fingerprint density at radius 3 is 2.38 bits per heavy atom. The molecule has 1 aromatic rings. The molecule has 0 bridgehead atoms. The number of hydrogen-bond acceptors (Lipinski definition) is 10. The zero-order valence-corrected chi connectivity index (χ0v) is 16.4. The quantitative estimate of drug-likeness (QED) is 0.270. The van der Waals surface area contributed by atoms with Crippen molar-refractivity contribution in [1.82, 2.24) is 0 Å². The van der Waals surface area contributed by atoms with Gasteiger partial charge in [-0.05, 0) is 24.1 Å². The molecule has 7 atom stereocenters. The Hall–Kier alpha value is -1.50. The summed E-state index contributed by atoms with van der Waals surface area (Å²) in [7, 11) is 1.45. The minimum Gasteiger partial charge on any atom is -0.493 e. The molecule has 0 spiro atoms. The van der Waals surface area contributed by atoms with E-state index in [9.17, 15) is 30.6 Å². The third-order valence-electron chi connectivity index (χ3n) is 4.75. The second kappa shape index (κ2) is 11.0. The maximum absolute atomic E-state index is 10.00. The predicted octanol–water partition coefficient (Wildman–Crippen LogP) is -1.31. The van der Waals surface area contributed by atoms with Crippen molar-refractivity contribution in [3.8, 4) is 11.5 Å². The smallest absolute Gasteiger partial charge is 0.186 e. The van der Waals surface area contributed by atoms with Crippen molar-refractivity contribution < 1.29 is 49.6 Å². The first-order valence-corrected chi connectivity index (χ1v) is 9.41. The second-order valence-electron chi connectivity index (χ2n) is 6.79. The molecule has 0 saturated carbocycles. The second-order valence-corrected chi connectivity index (χ2v) is 6.79. The molecule has 0 amide bonds. The van der Waals surface area contributed by atoms with Gasteiger partial charge >= 0.3 is 0 Å². The molecule has 1 aliphatic heterocycles. The van der Waals surface area contributed by atoms with Gasteiger partial charge in [-0.1, -0.05) is 13.0 Å². The Labute approximate surface area is 168 Å². The Morgan fingerprint density at radius 1 is 1.07 bits per heavy atom. The lowest BCUT2D eigenvalue weighted by Gasteiger charge is -2.39. The van der Waals surface area contributed by atoms with E-state index in [2.05, 4.69) is 0 Å². The van der Waals surface area contributed by atoms with Gasteiger partial charge in [-0.25, -0.2) is 0 Å². The van der Waals surface area contributed by atoms with Crippen LogP contribution >= 0.6 is 0 Å². The molecule has 0 radical (unpaired) electrons. The van der Waals surface area contributed by atoms with Crippen molar-refractivity contribution in [2.24, 2.45) is 0 Å². The van der Waals surface area contributed by atoms with Gasteiger partial charge in [-0.2, -0.15) is 0 Å². The van der Waals surface area contributed by atoms with Gasteiger partial charge in [0.1, 0.15) is 30.5 Å². The van der Waals surface area contributed by atoms with E-state index in [-0.39, 0.29) is 6.61 Å². The number of aliphatic hydroxyl groups is 6. The molecule has 29 heavy (non-hydrogen) atoms. The SMILES string of the molecule is CCC(O)c1ccc(OC(CO)COC2OC(CO)C(O)C(O)C2O)c(OC)c1. The molecule has 7 unspecified atom stereocenters. The minimum atomic E-state index is -1.56. The lowest BCUT2D eigenvalue weighted by atomic mass is 9.99. The highest BCUT2D eigenvalue weighted by molar-refractivity contribution is 5.43. The van der Waals surface area contributed by atoms with E-state index in [1.54, 1.807) is 18.2 Å². The first kappa shape index (κ1) is 23.8. The molecule has 2 rings (SSSR count). The van der Waals surface area contributed by atoms with Crippen molar-refractivity contribution in [2.45, 2.75) is 56.3 Å². The number of aliphatic hydroxyl groups excluding tert-OH is 6. The summed E-state index contributed by atoms with van der Waals surface area (Å²) in [6.45, 7) is 0.624. The van der Waals surface area contributed by atoms with E-state index in [1.165, 1.54) is 7.11 Å². The molecule has 1 aromatic carbocycles. The van der Waals surface area contributed by atoms with Crippen LogP contribution in [0.3, 0.4) is 0 Å². The van der Waals surface area contributed by atoms with Gasteiger partial charge in [0.2, 0.25) is 0 Å². The van der Waals surface area contributed by atoms with Gasteiger partial charge in [-0.15, -0.1) is 0 Å². The van der Waals surface area contributed by atoms with E-state index < -0.39 is 56.1 Å². The zero-order chi connectivity index (χ0) is 21.6. The largest absolute Gasteiger partial charge is 0.493 e. The highest BCUT2D eigenvalue weighted by atomic mass is 16.7. The summed E-state index contributed by atoms with van der Waals surface area (Å²) in [4.78, 5) is 0. The van der Waals surface area contributed by atoms with Crippen LogP contribution in [-0.2, 0) is 9.47 Å². The fourth-order valence-electron chi connectivity index (χ4n) is 2.94. The Morgan fingerprint density at radius 2 is 1.79 bits per heavy atom. The van der Waals surface area contributed by atoms with E-state index in [0.29, 0.717) is 23.5 Å². The topological polar surface area (TPSA) is 158 Å². The van der Waals surface area contributed by atoms with Gasteiger partial charge in [-0.3, -0.25) is 0 Å². The normalized spacial score (nSPS) is 29.3. The summed E-state index contributed by atoms with van der Waals surface area (Å²) in [6.07, 6.45) is -7.97. The van der Waals surface area contributed by atoms with Crippen LogP contribution in [0.4, 0.5) is 0 Å². The summed E-state index contributed by atoms with van der Waals surface area (Å²) in [5, 5.41) is 58.3. The minimum absolute atomic E-state index is 0.221. The Bertz CT molecular complexity index is 625. The standard InChI is InChI=1S/C19H30O10/c1-3-12(22)10-4-5-13(14(6-10)26-2)28-11(7-20)9-27-19-18(25)17(24)16(23)15(8-21)29-19/h4-6,11-12,15-25H,3,7-9H2,1-2H3. The molecular formula is C19H30O10. The van der Waals surface area contributed by atoms with Gasteiger partial charge in [0.05, 0.1) is 33.0 Å². The van der Waals surface area contributed by atoms with Crippen molar-refractivity contribution >= 4 is 0 Å². The summed E-state index contributed by atoms with van der Waals surface area (Å²) in [5.74, 6) is 0.678. The third kappa shape index (κ3) is 5.77. The van der Waals surface area contributed by atoms with E-state index in [1.807, 2.05) is 6.92 Å². The van der Waals surface area contributed by atoms with Crippen LogP contribution in [0.15, 0.2) is 18.2 Å². The van der Waals surface area contributed by atoms with Crippen LogP contribution in [0.25, 0.3) is 0 Å². The van der Waals surface area contributed by atoms with Gasteiger partial charge in [0, 0.05) is 0 Å². The Kier molecular flexibility index (Phi) is 9.05. The number of ether oxygens (including phenoxy) is 4. The highest BCUT2D eigenvalue weighted by Crippen LogP contribution is 2.32. The molecule has 0 aliphatic carbocycles. The molecule has 6 N–H and O–H groups in total. The number of rotatable bonds is 10. The van der Waals surface area contributed by atoms with Crippen LogP contribution in [0.5, 0.6) is 11.5 Å². The van der Waals surface area contributed by atoms with Crippen molar-refractivity contribution in [1.29, 1.82) is 0 Å². The summed E-state index contributed by atoms with van der Waals surface area (Å²) in [5.41, 5.74) is 0.662. The summed E-state index contributed by atoms with van der Waals surface area (Å²) < 4.78 is 21.6. The molecule has 1 fully saturated rings. The summed E-state index contributed by atoms with van der Waals surface area (Å²) in [6, 6.07) is 4.92. The van der Waals surface area contributed by atoms with Crippen LogP contribution in [0, 0.1) is 0 Å². The van der Waals surface area contributed by atoms with Crippen LogP contribution in [0.2, 0.25) is 0 Å². The lowest BCUT2D eigenvalue weighted by molar-refractivity contribution is -0.304. The molecular weight excluding hydrogens is 388 g/mol. The fraction of sp³-hybridized carbons (Fsp3) is 0.684. The number of benzene rings is 1. The average Bonchev–Trinajstić information content (AvgIpc) is 2.75. The first-order chi connectivity index (χ1) is 13.9. The molecule has 1 aliphatic rings. The number of methoxy groups -OCH3 is 1. The lowest BCUT2D eigenvalue weighted by Crippen LogP contribution is -2.59. The monoisotopic (exact) mass is 418 g/mol.